The SMILES string of the molecule is COc1ccc(C(N)CC(=O)N2CCC3(CC2)COC(=O)O3)cc1OC. The van der Waals surface area contributed by atoms with Crippen molar-refractivity contribution in [3.63, 3.8) is 0 Å². The number of piperidine rings is 1. The molecular weight excluding hydrogens is 340 g/mol. The number of likely N-dealkylation sites (tertiary alicyclic amines) is 1. The highest BCUT2D eigenvalue weighted by Crippen LogP contribution is 2.33. The number of rotatable bonds is 5. The topological polar surface area (TPSA) is 100 Å². The largest absolute Gasteiger partial charge is 0.509 e. The first-order chi connectivity index (χ1) is 12.5. The number of ether oxygens (including phenoxy) is 4. The van der Waals surface area contributed by atoms with Crippen molar-refractivity contribution < 1.29 is 28.5 Å². The highest BCUT2D eigenvalue weighted by atomic mass is 16.8. The highest BCUT2D eigenvalue weighted by molar-refractivity contribution is 5.77. The molecule has 1 aromatic rings. The van der Waals surface area contributed by atoms with E-state index in [9.17, 15) is 9.59 Å². The van der Waals surface area contributed by atoms with E-state index in [0.717, 1.165) is 5.56 Å². The number of nitrogens with zero attached hydrogens (tertiary/aromatic N) is 1. The maximum atomic E-state index is 12.6. The molecule has 2 fully saturated rings. The summed E-state index contributed by atoms with van der Waals surface area (Å²) in [6, 6.07) is 4.96. The molecule has 1 atom stereocenters. The van der Waals surface area contributed by atoms with Crippen molar-refractivity contribution in [2.45, 2.75) is 30.9 Å². The fourth-order valence-electron chi connectivity index (χ4n) is 3.35. The molecule has 0 bridgehead atoms. The lowest BCUT2D eigenvalue weighted by atomic mass is 9.92. The van der Waals surface area contributed by atoms with E-state index >= 15 is 0 Å². The van der Waals surface area contributed by atoms with E-state index in [4.69, 9.17) is 24.7 Å². The third-order valence-electron chi connectivity index (χ3n) is 5.01. The van der Waals surface area contributed by atoms with Gasteiger partial charge >= 0.3 is 6.16 Å². The molecule has 142 valence electrons. The predicted molar refractivity (Wildman–Crippen MR) is 92.1 cm³/mol. The molecule has 2 N–H and O–H groups in total. The molecule has 1 amide bonds. The number of carbonyl (C=O) groups excluding carboxylic acids is 2. The van der Waals surface area contributed by atoms with Crippen LogP contribution in [0.25, 0.3) is 0 Å². The summed E-state index contributed by atoms with van der Waals surface area (Å²) in [6.07, 6.45) is 0.727. The summed E-state index contributed by atoms with van der Waals surface area (Å²) >= 11 is 0. The summed E-state index contributed by atoms with van der Waals surface area (Å²) in [5, 5.41) is 0. The minimum Gasteiger partial charge on any atom is -0.493 e. The Morgan fingerprint density at radius 1 is 1.27 bits per heavy atom. The van der Waals surface area contributed by atoms with Crippen LogP contribution in [0.5, 0.6) is 11.5 Å². The second kappa shape index (κ2) is 7.41. The molecule has 1 spiro atoms. The molecule has 0 radical (unpaired) electrons. The third kappa shape index (κ3) is 3.70. The Balaban J connectivity index is 1.57. The van der Waals surface area contributed by atoms with Gasteiger partial charge in [-0.05, 0) is 17.7 Å². The monoisotopic (exact) mass is 364 g/mol. The standard InChI is InChI=1S/C18H24N2O6/c1-23-14-4-3-12(9-15(14)24-2)13(19)10-16(21)20-7-5-18(6-8-20)11-25-17(22)26-18/h3-4,9,13H,5-8,10-11,19H2,1-2H3. The van der Waals surface area contributed by atoms with Crippen LogP contribution < -0.4 is 15.2 Å². The molecule has 2 aliphatic rings. The number of benzene rings is 1. The Hall–Kier alpha value is -2.48. The Labute approximate surface area is 152 Å². The van der Waals surface area contributed by atoms with Gasteiger partial charge in [-0.25, -0.2) is 4.79 Å². The van der Waals surface area contributed by atoms with E-state index in [1.165, 1.54) is 0 Å². The number of hydrogen-bond donors (Lipinski definition) is 1. The van der Waals surface area contributed by atoms with E-state index in [1.807, 2.05) is 6.07 Å². The van der Waals surface area contributed by atoms with Crippen LogP contribution in [0.4, 0.5) is 4.79 Å². The van der Waals surface area contributed by atoms with Crippen molar-refractivity contribution in [2.24, 2.45) is 5.73 Å². The molecule has 0 aromatic heterocycles. The van der Waals surface area contributed by atoms with Crippen LogP contribution in [0.2, 0.25) is 0 Å². The molecule has 8 heteroatoms. The zero-order chi connectivity index (χ0) is 18.7. The molecule has 0 aliphatic carbocycles. The molecule has 1 aromatic carbocycles. The second-order valence-corrected chi connectivity index (χ2v) is 6.63. The minimum atomic E-state index is -0.625. The molecule has 2 heterocycles. The average molecular weight is 364 g/mol. The van der Waals surface area contributed by atoms with Crippen molar-refractivity contribution in [3.8, 4) is 11.5 Å². The smallest absolute Gasteiger partial charge is 0.493 e. The van der Waals surface area contributed by atoms with Gasteiger partial charge in [0.15, 0.2) is 17.1 Å². The van der Waals surface area contributed by atoms with Gasteiger partial charge in [-0.3, -0.25) is 4.79 Å². The summed E-state index contributed by atoms with van der Waals surface area (Å²) in [6.45, 7) is 1.31. The zero-order valence-electron chi connectivity index (χ0n) is 15.0. The molecule has 2 aliphatic heterocycles. The summed E-state index contributed by atoms with van der Waals surface area (Å²) in [4.78, 5) is 25.5. The maximum Gasteiger partial charge on any atom is 0.509 e. The van der Waals surface area contributed by atoms with Crippen LogP contribution in [-0.4, -0.2) is 56.5 Å². The molecule has 0 saturated carbocycles. The number of methoxy groups -OCH3 is 2. The van der Waals surface area contributed by atoms with Crippen LogP contribution in [-0.2, 0) is 14.3 Å². The van der Waals surface area contributed by atoms with Gasteiger partial charge in [-0.15, -0.1) is 0 Å². The summed E-state index contributed by atoms with van der Waals surface area (Å²) < 4.78 is 20.7. The van der Waals surface area contributed by atoms with Gasteiger partial charge in [-0.1, -0.05) is 6.07 Å². The Bertz CT molecular complexity index is 684. The Kier molecular flexibility index (Phi) is 5.22. The van der Waals surface area contributed by atoms with Crippen LogP contribution >= 0.6 is 0 Å². The first-order valence-corrected chi connectivity index (χ1v) is 8.57. The fourth-order valence-corrected chi connectivity index (χ4v) is 3.35. The van der Waals surface area contributed by atoms with Crippen molar-refractivity contribution >= 4 is 12.1 Å². The van der Waals surface area contributed by atoms with Gasteiger partial charge in [0.2, 0.25) is 5.91 Å². The first-order valence-electron chi connectivity index (χ1n) is 8.57. The molecule has 1 unspecified atom stereocenters. The van der Waals surface area contributed by atoms with Crippen molar-refractivity contribution in [2.75, 3.05) is 33.9 Å². The molecule has 2 saturated heterocycles. The van der Waals surface area contributed by atoms with E-state index in [-0.39, 0.29) is 18.9 Å². The highest BCUT2D eigenvalue weighted by Gasteiger charge is 2.45. The fraction of sp³-hybridized carbons (Fsp3) is 0.556. The molecule has 26 heavy (non-hydrogen) atoms. The van der Waals surface area contributed by atoms with Crippen LogP contribution in [0.1, 0.15) is 30.9 Å². The van der Waals surface area contributed by atoms with Gasteiger partial charge in [0.05, 0.1) is 14.2 Å². The van der Waals surface area contributed by atoms with E-state index in [1.54, 1.807) is 31.3 Å². The number of amides is 1. The van der Waals surface area contributed by atoms with Crippen molar-refractivity contribution in [1.82, 2.24) is 4.90 Å². The average Bonchev–Trinajstić information content (AvgIpc) is 3.01. The quantitative estimate of drug-likeness (QED) is 0.792. The van der Waals surface area contributed by atoms with Gasteiger partial charge in [0.1, 0.15) is 6.61 Å². The molecule has 3 rings (SSSR count). The van der Waals surface area contributed by atoms with Crippen LogP contribution in [0.3, 0.4) is 0 Å². The normalized spacial score (nSPS) is 19.7. The summed E-state index contributed by atoms with van der Waals surface area (Å²) in [5.74, 6) is 1.17. The lowest BCUT2D eigenvalue weighted by molar-refractivity contribution is -0.135. The van der Waals surface area contributed by atoms with Gasteiger partial charge < -0.3 is 29.6 Å². The van der Waals surface area contributed by atoms with Crippen molar-refractivity contribution in [1.29, 1.82) is 0 Å². The van der Waals surface area contributed by atoms with Gasteiger partial charge in [-0.2, -0.15) is 0 Å². The number of carbonyl (C=O) groups is 2. The summed E-state index contributed by atoms with van der Waals surface area (Å²) in [7, 11) is 3.12. The molecular formula is C18H24N2O6. The van der Waals surface area contributed by atoms with E-state index < -0.39 is 17.8 Å². The number of cyclic esters (lactones) is 1. The lowest BCUT2D eigenvalue weighted by Crippen LogP contribution is -2.48. The number of hydrogen-bond acceptors (Lipinski definition) is 7. The summed E-state index contributed by atoms with van der Waals surface area (Å²) in [5.41, 5.74) is 6.46. The Morgan fingerprint density at radius 3 is 2.54 bits per heavy atom. The number of nitrogens with two attached hydrogens (primary N) is 1. The van der Waals surface area contributed by atoms with Crippen LogP contribution in [0, 0.1) is 0 Å². The third-order valence-corrected chi connectivity index (χ3v) is 5.01. The first kappa shape index (κ1) is 18.3. The van der Waals surface area contributed by atoms with Crippen molar-refractivity contribution in [3.05, 3.63) is 23.8 Å². The maximum absolute atomic E-state index is 12.6. The van der Waals surface area contributed by atoms with E-state index in [2.05, 4.69) is 0 Å². The predicted octanol–water partition coefficient (Wildman–Crippen LogP) is 1.62. The zero-order valence-corrected chi connectivity index (χ0v) is 15.0. The van der Waals surface area contributed by atoms with Gasteiger partial charge in [0.25, 0.3) is 0 Å². The van der Waals surface area contributed by atoms with Crippen LogP contribution in [0.15, 0.2) is 18.2 Å². The minimum absolute atomic E-state index is 0.0209. The lowest BCUT2D eigenvalue weighted by Gasteiger charge is -2.36. The Morgan fingerprint density at radius 2 is 1.96 bits per heavy atom. The second-order valence-electron chi connectivity index (χ2n) is 6.63. The van der Waals surface area contributed by atoms with Gasteiger partial charge in [0, 0.05) is 38.4 Å². The van der Waals surface area contributed by atoms with E-state index in [0.29, 0.717) is 37.4 Å². The molecule has 8 nitrogen and oxygen atoms in total.